The predicted molar refractivity (Wildman–Crippen MR) is 94.3 cm³/mol. The van der Waals surface area contributed by atoms with Crippen LogP contribution >= 0.6 is 11.8 Å². The summed E-state index contributed by atoms with van der Waals surface area (Å²) in [7, 11) is 0. The molecule has 0 atom stereocenters. The molecule has 2 heteroatoms. The van der Waals surface area contributed by atoms with Gasteiger partial charge in [0.25, 0.3) is 0 Å². The Balaban J connectivity index is 1.45. The Morgan fingerprint density at radius 3 is 2.38 bits per heavy atom. The van der Waals surface area contributed by atoms with Crippen LogP contribution in [0.3, 0.4) is 0 Å². The Labute approximate surface area is 134 Å². The highest BCUT2D eigenvalue weighted by molar-refractivity contribution is 8.00. The molecular formula is C19H29NS. The first-order chi connectivity index (χ1) is 10.2. The van der Waals surface area contributed by atoms with Crippen molar-refractivity contribution in [2.24, 2.45) is 0 Å². The molecule has 21 heavy (non-hydrogen) atoms. The van der Waals surface area contributed by atoms with E-state index in [1.165, 1.54) is 62.6 Å². The SMILES string of the molecule is CSC1(CNC2CC(c3ccc(C)cc3)C2)CCCCC1. The molecule has 3 rings (SSSR count). The topological polar surface area (TPSA) is 12.0 Å². The summed E-state index contributed by atoms with van der Waals surface area (Å²) >= 11 is 2.11. The zero-order valence-corrected chi connectivity index (χ0v) is 14.3. The van der Waals surface area contributed by atoms with Crippen LogP contribution in [0.1, 0.15) is 62.0 Å². The Kier molecular flexibility index (Phi) is 4.96. The summed E-state index contributed by atoms with van der Waals surface area (Å²) < 4.78 is 0.535. The van der Waals surface area contributed by atoms with Crippen molar-refractivity contribution in [3.05, 3.63) is 35.4 Å². The fraction of sp³-hybridized carbons (Fsp3) is 0.684. The Bertz CT molecular complexity index is 441. The highest BCUT2D eigenvalue weighted by atomic mass is 32.2. The first-order valence-electron chi connectivity index (χ1n) is 8.56. The Hall–Kier alpha value is -0.470. The van der Waals surface area contributed by atoms with Gasteiger partial charge >= 0.3 is 0 Å². The van der Waals surface area contributed by atoms with Crippen LogP contribution in [0.2, 0.25) is 0 Å². The fourth-order valence-electron chi connectivity index (χ4n) is 3.87. The first-order valence-corrected chi connectivity index (χ1v) is 9.78. The van der Waals surface area contributed by atoms with Gasteiger partial charge in [0.05, 0.1) is 0 Å². The lowest BCUT2D eigenvalue weighted by Crippen LogP contribution is -2.47. The molecule has 0 bridgehead atoms. The summed E-state index contributed by atoms with van der Waals surface area (Å²) in [4.78, 5) is 0. The van der Waals surface area contributed by atoms with E-state index in [1.54, 1.807) is 0 Å². The lowest BCUT2D eigenvalue weighted by Gasteiger charge is -2.41. The molecule has 0 heterocycles. The number of thioether (sulfide) groups is 1. The van der Waals surface area contributed by atoms with Gasteiger partial charge in [0.1, 0.15) is 0 Å². The molecule has 2 aliphatic carbocycles. The maximum absolute atomic E-state index is 3.87. The minimum atomic E-state index is 0.535. The summed E-state index contributed by atoms with van der Waals surface area (Å²) in [5.74, 6) is 0.791. The Morgan fingerprint density at radius 1 is 1.10 bits per heavy atom. The maximum Gasteiger partial charge on any atom is 0.0281 e. The second kappa shape index (κ2) is 6.75. The summed E-state index contributed by atoms with van der Waals surface area (Å²) in [5.41, 5.74) is 2.91. The van der Waals surface area contributed by atoms with Crippen LogP contribution in [-0.4, -0.2) is 23.6 Å². The molecule has 2 fully saturated rings. The van der Waals surface area contributed by atoms with Crippen LogP contribution in [0.4, 0.5) is 0 Å². The summed E-state index contributed by atoms with van der Waals surface area (Å²) in [5, 5.41) is 3.87. The van der Waals surface area contributed by atoms with Crippen molar-refractivity contribution in [1.82, 2.24) is 5.32 Å². The van der Waals surface area contributed by atoms with Crippen molar-refractivity contribution in [3.8, 4) is 0 Å². The number of hydrogen-bond donors (Lipinski definition) is 1. The number of rotatable bonds is 5. The van der Waals surface area contributed by atoms with Gasteiger partial charge in [-0.1, -0.05) is 49.1 Å². The molecular weight excluding hydrogens is 274 g/mol. The minimum Gasteiger partial charge on any atom is -0.313 e. The summed E-state index contributed by atoms with van der Waals surface area (Å²) in [6.45, 7) is 3.39. The smallest absolute Gasteiger partial charge is 0.0281 e. The number of hydrogen-bond acceptors (Lipinski definition) is 2. The van der Waals surface area contributed by atoms with E-state index < -0.39 is 0 Å². The summed E-state index contributed by atoms with van der Waals surface area (Å²) in [6.07, 6.45) is 12.1. The highest BCUT2D eigenvalue weighted by Crippen LogP contribution is 2.40. The third kappa shape index (κ3) is 3.65. The largest absolute Gasteiger partial charge is 0.313 e. The van der Waals surface area contributed by atoms with Gasteiger partial charge in [-0.15, -0.1) is 0 Å². The molecule has 0 radical (unpaired) electrons. The number of benzene rings is 1. The van der Waals surface area contributed by atoms with Crippen LogP contribution in [0.15, 0.2) is 24.3 Å². The normalized spacial score (nSPS) is 28.1. The van der Waals surface area contributed by atoms with E-state index in [0.29, 0.717) is 4.75 Å². The molecule has 1 N–H and O–H groups in total. The van der Waals surface area contributed by atoms with Crippen LogP contribution in [-0.2, 0) is 0 Å². The van der Waals surface area contributed by atoms with E-state index in [1.807, 2.05) is 0 Å². The minimum absolute atomic E-state index is 0.535. The molecule has 1 nitrogen and oxygen atoms in total. The third-order valence-electron chi connectivity index (χ3n) is 5.60. The van der Waals surface area contributed by atoms with Crippen LogP contribution in [0, 0.1) is 6.92 Å². The molecule has 2 saturated carbocycles. The van der Waals surface area contributed by atoms with Crippen LogP contribution in [0.25, 0.3) is 0 Å². The maximum atomic E-state index is 3.87. The molecule has 1 aromatic rings. The van der Waals surface area contributed by atoms with Crippen molar-refractivity contribution in [2.45, 2.75) is 68.6 Å². The quantitative estimate of drug-likeness (QED) is 0.830. The van der Waals surface area contributed by atoms with Gasteiger partial charge in [-0.2, -0.15) is 11.8 Å². The van der Waals surface area contributed by atoms with E-state index in [9.17, 15) is 0 Å². The van der Waals surface area contributed by atoms with Crippen LogP contribution < -0.4 is 5.32 Å². The predicted octanol–water partition coefficient (Wildman–Crippen LogP) is 4.90. The van der Waals surface area contributed by atoms with E-state index in [4.69, 9.17) is 0 Å². The molecule has 1 aromatic carbocycles. The average Bonchev–Trinajstić information content (AvgIpc) is 2.48. The van der Waals surface area contributed by atoms with Gasteiger partial charge in [-0.3, -0.25) is 0 Å². The second-order valence-corrected chi connectivity index (χ2v) is 8.38. The molecule has 0 aliphatic heterocycles. The molecule has 0 unspecified atom stereocenters. The van der Waals surface area contributed by atoms with Gasteiger partial charge < -0.3 is 5.32 Å². The zero-order chi connectivity index (χ0) is 14.7. The average molecular weight is 304 g/mol. The van der Waals surface area contributed by atoms with Crippen molar-refractivity contribution in [3.63, 3.8) is 0 Å². The van der Waals surface area contributed by atoms with Gasteiger partial charge in [0, 0.05) is 17.3 Å². The van der Waals surface area contributed by atoms with E-state index in [0.717, 1.165) is 12.0 Å². The van der Waals surface area contributed by atoms with Gasteiger partial charge in [-0.05, 0) is 50.3 Å². The monoisotopic (exact) mass is 303 g/mol. The number of nitrogens with one attached hydrogen (secondary N) is 1. The van der Waals surface area contributed by atoms with E-state index >= 15 is 0 Å². The molecule has 0 saturated heterocycles. The van der Waals surface area contributed by atoms with E-state index in [-0.39, 0.29) is 0 Å². The van der Waals surface area contributed by atoms with Crippen molar-refractivity contribution < 1.29 is 0 Å². The molecule has 0 aromatic heterocycles. The standard InChI is InChI=1S/C19H29NS/c1-15-6-8-16(9-7-15)17-12-18(13-17)20-14-19(21-2)10-4-3-5-11-19/h6-9,17-18,20H,3-5,10-14H2,1-2H3. The van der Waals surface area contributed by atoms with E-state index in [2.05, 4.69) is 54.5 Å². The zero-order valence-electron chi connectivity index (χ0n) is 13.5. The van der Waals surface area contributed by atoms with Crippen LogP contribution in [0.5, 0.6) is 0 Å². The van der Waals surface area contributed by atoms with Crippen molar-refractivity contribution in [1.29, 1.82) is 0 Å². The Morgan fingerprint density at radius 2 is 1.76 bits per heavy atom. The lowest BCUT2D eigenvalue weighted by molar-refractivity contribution is 0.268. The lowest BCUT2D eigenvalue weighted by atomic mass is 9.75. The highest BCUT2D eigenvalue weighted by Gasteiger charge is 2.35. The van der Waals surface area contributed by atoms with Crippen molar-refractivity contribution >= 4 is 11.8 Å². The first kappa shape index (κ1) is 15.4. The van der Waals surface area contributed by atoms with Crippen molar-refractivity contribution in [2.75, 3.05) is 12.8 Å². The molecule has 0 spiro atoms. The molecule has 116 valence electrons. The van der Waals surface area contributed by atoms with Gasteiger partial charge in [0.15, 0.2) is 0 Å². The molecule has 2 aliphatic rings. The second-order valence-electron chi connectivity index (χ2n) is 7.10. The van der Waals surface area contributed by atoms with Gasteiger partial charge in [-0.25, -0.2) is 0 Å². The van der Waals surface area contributed by atoms with Gasteiger partial charge in [0.2, 0.25) is 0 Å². The third-order valence-corrected chi connectivity index (χ3v) is 7.02. The fourth-order valence-corrected chi connectivity index (χ4v) is 4.80. The summed E-state index contributed by atoms with van der Waals surface area (Å²) in [6, 6.07) is 9.89. The molecule has 0 amide bonds. The number of aryl methyl sites for hydroxylation is 1.